The SMILES string of the molecule is CNC1CCS(=O)CC1.Cl. The lowest BCUT2D eigenvalue weighted by molar-refractivity contribution is 0.517. The van der Waals surface area contributed by atoms with Crippen molar-refractivity contribution in [3.05, 3.63) is 0 Å². The molecule has 2 nitrogen and oxygen atoms in total. The summed E-state index contributed by atoms with van der Waals surface area (Å²) in [4.78, 5) is 0. The first-order valence-electron chi connectivity index (χ1n) is 3.35. The molecule has 0 aromatic rings. The van der Waals surface area contributed by atoms with Crippen molar-refractivity contribution in [2.45, 2.75) is 18.9 Å². The van der Waals surface area contributed by atoms with E-state index in [0.29, 0.717) is 6.04 Å². The summed E-state index contributed by atoms with van der Waals surface area (Å²) in [7, 11) is 1.47. The molecular formula is C6H14ClNOS. The second-order valence-electron chi connectivity index (χ2n) is 2.41. The van der Waals surface area contributed by atoms with Crippen LogP contribution in [0.15, 0.2) is 0 Å². The van der Waals surface area contributed by atoms with Gasteiger partial charge in [0.15, 0.2) is 0 Å². The molecule has 0 radical (unpaired) electrons. The Morgan fingerprint density at radius 1 is 1.40 bits per heavy atom. The van der Waals surface area contributed by atoms with Gasteiger partial charge in [-0.25, -0.2) is 0 Å². The van der Waals surface area contributed by atoms with Crippen LogP contribution in [0.25, 0.3) is 0 Å². The summed E-state index contributed by atoms with van der Waals surface area (Å²) in [6, 6.07) is 0.628. The van der Waals surface area contributed by atoms with Crippen molar-refractivity contribution >= 4 is 23.2 Å². The Bertz CT molecular complexity index is 110. The van der Waals surface area contributed by atoms with Crippen LogP contribution in [0, 0.1) is 0 Å². The summed E-state index contributed by atoms with van der Waals surface area (Å²) in [6.45, 7) is 0. The van der Waals surface area contributed by atoms with Crippen LogP contribution in [0.2, 0.25) is 0 Å². The van der Waals surface area contributed by atoms with Gasteiger partial charge >= 0.3 is 0 Å². The highest BCUT2D eigenvalue weighted by Gasteiger charge is 2.14. The monoisotopic (exact) mass is 183 g/mol. The Balaban J connectivity index is 0.000000810. The summed E-state index contributed by atoms with van der Waals surface area (Å²) in [5.41, 5.74) is 0. The number of nitrogens with one attached hydrogen (secondary N) is 1. The molecule has 0 aliphatic carbocycles. The van der Waals surface area contributed by atoms with E-state index in [4.69, 9.17) is 0 Å². The maximum atomic E-state index is 10.8. The van der Waals surface area contributed by atoms with Crippen molar-refractivity contribution in [1.29, 1.82) is 0 Å². The van der Waals surface area contributed by atoms with Crippen LogP contribution in [0.1, 0.15) is 12.8 Å². The summed E-state index contributed by atoms with van der Waals surface area (Å²) >= 11 is 0. The summed E-state index contributed by atoms with van der Waals surface area (Å²) in [6.07, 6.45) is 2.17. The standard InChI is InChI=1S/C6H13NOS.ClH/c1-7-6-2-4-9(8)5-3-6;/h6-7H,2-5H2,1H3;1H. The fourth-order valence-electron chi connectivity index (χ4n) is 1.08. The molecule has 0 amide bonds. The Labute approximate surface area is 70.6 Å². The van der Waals surface area contributed by atoms with E-state index in [0.717, 1.165) is 24.3 Å². The highest BCUT2D eigenvalue weighted by atomic mass is 35.5. The predicted molar refractivity (Wildman–Crippen MR) is 47.2 cm³/mol. The first-order chi connectivity index (χ1) is 4.33. The van der Waals surface area contributed by atoms with E-state index in [9.17, 15) is 4.21 Å². The molecule has 1 N–H and O–H groups in total. The highest BCUT2D eigenvalue weighted by molar-refractivity contribution is 7.85. The topological polar surface area (TPSA) is 29.1 Å². The molecule has 0 spiro atoms. The van der Waals surface area contributed by atoms with Gasteiger partial charge in [-0.2, -0.15) is 0 Å². The molecule has 0 aromatic carbocycles. The maximum Gasteiger partial charge on any atom is 0.0249 e. The lowest BCUT2D eigenvalue weighted by Gasteiger charge is -2.19. The van der Waals surface area contributed by atoms with Gasteiger partial charge in [0.2, 0.25) is 0 Å². The number of rotatable bonds is 1. The lowest BCUT2D eigenvalue weighted by Crippen LogP contribution is -2.32. The zero-order valence-electron chi connectivity index (χ0n) is 6.13. The van der Waals surface area contributed by atoms with Crippen molar-refractivity contribution in [3.63, 3.8) is 0 Å². The summed E-state index contributed by atoms with van der Waals surface area (Å²) in [5, 5.41) is 3.19. The molecule has 1 aliphatic rings. The smallest absolute Gasteiger partial charge is 0.0249 e. The van der Waals surface area contributed by atoms with Crippen molar-refractivity contribution in [2.24, 2.45) is 0 Å². The third-order valence-electron chi connectivity index (χ3n) is 1.80. The first-order valence-corrected chi connectivity index (χ1v) is 4.84. The van der Waals surface area contributed by atoms with Gasteiger partial charge in [-0.15, -0.1) is 12.4 Å². The molecule has 0 aromatic heterocycles. The molecule has 0 atom stereocenters. The zero-order chi connectivity index (χ0) is 6.69. The maximum absolute atomic E-state index is 10.8. The predicted octanol–water partition coefficient (Wildman–Crippen LogP) is 0.539. The molecule has 0 bridgehead atoms. The first kappa shape index (κ1) is 10.4. The molecule has 4 heteroatoms. The highest BCUT2D eigenvalue weighted by Crippen LogP contribution is 2.07. The Kier molecular flexibility index (Phi) is 5.31. The van der Waals surface area contributed by atoms with E-state index in [-0.39, 0.29) is 12.4 Å². The fraction of sp³-hybridized carbons (Fsp3) is 1.00. The fourth-order valence-corrected chi connectivity index (χ4v) is 2.38. The molecule has 62 valence electrons. The lowest BCUT2D eigenvalue weighted by atomic mass is 10.2. The van der Waals surface area contributed by atoms with Crippen LogP contribution < -0.4 is 5.32 Å². The van der Waals surface area contributed by atoms with Crippen molar-refractivity contribution in [2.75, 3.05) is 18.6 Å². The minimum absolute atomic E-state index is 0. The van der Waals surface area contributed by atoms with Gasteiger partial charge in [0.1, 0.15) is 0 Å². The van der Waals surface area contributed by atoms with Gasteiger partial charge < -0.3 is 5.32 Å². The van der Waals surface area contributed by atoms with Gasteiger partial charge in [-0.05, 0) is 19.9 Å². The van der Waals surface area contributed by atoms with E-state index < -0.39 is 10.8 Å². The van der Waals surface area contributed by atoms with E-state index >= 15 is 0 Å². The van der Waals surface area contributed by atoms with E-state index in [1.165, 1.54) is 0 Å². The third kappa shape index (κ3) is 2.99. The second-order valence-corrected chi connectivity index (χ2v) is 4.11. The van der Waals surface area contributed by atoms with Crippen LogP contribution in [0.4, 0.5) is 0 Å². The quantitative estimate of drug-likeness (QED) is 0.643. The van der Waals surface area contributed by atoms with E-state index in [2.05, 4.69) is 5.32 Å². The number of hydrogen-bond acceptors (Lipinski definition) is 2. The van der Waals surface area contributed by atoms with Crippen LogP contribution in [0.5, 0.6) is 0 Å². The largest absolute Gasteiger partial charge is 0.317 e. The minimum atomic E-state index is -0.503. The zero-order valence-corrected chi connectivity index (χ0v) is 7.76. The molecule has 0 saturated carbocycles. The molecule has 10 heavy (non-hydrogen) atoms. The third-order valence-corrected chi connectivity index (χ3v) is 3.18. The number of halogens is 1. The molecule has 1 heterocycles. The molecule has 1 saturated heterocycles. The van der Waals surface area contributed by atoms with Crippen LogP contribution >= 0.6 is 12.4 Å². The van der Waals surface area contributed by atoms with Gasteiger partial charge in [-0.3, -0.25) is 4.21 Å². The Morgan fingerprint density at radius 3 is 2.30 bits per heavy atom. The van der Waals surface area contributed by atoms with Crippen molar-refractivity contribution in [1.82, 2.24) is 5.32 Å². The second kappa shape index (κ2) is 5.10. The summed E-state index contributed by atoms with van der Waals surface area (Å²) in [5.74, 6) is 1.79. The normalized spacial score (nSPS) is 32.9. The number of hydrogen-bond donors (Lipinski definition) is 1. The van der Waals surface area contributed by atoms with Crippen molar-refractivity contribution < 1.29 is 4.21 Å². The van der Waals surface area contributed by atoms with Gasteiger partial charge in [0.25, 0.3) is 0 Å². The average Bonchev–Trinajstić information content (AvgIpc) is 1.90. The average molecular weight is 184 g/mol. The Morgan fingerprint density at radius 2 is 1.90 bits per heavy atom. The van der Waals surface area contributed by atoms with E-state index in [1.807, 2.05) is 7.05 Å². The molecule has 1 rings (SSSR count). The molecule has 1 fully saturated rings. The van der Waals surface area contributed by atoms with Crippen LogP contribution in [-0.4, -0.2) is 28.8 Å². The van der Waals surface area contributed by atoms with Gasteiger partial charge in [-0.1, -0.05) is 0 Å². The minimum Gasteiger partial charge on any atom is -0.317 e. The molecule has 1 aliphatic heterocycles. The van der Waals surface area contributed by atoms with Gasteiger partial charge in [0.05, 0.1) is 0 Å². The molecular weight excluding hydrogens is 170 g/mol. The Hall–Kier alpha value is 0.400. The molecule has 0 unspecified atom stereocenters. The van der Waals surface area contributed by atoms with Crippen LogP contribution in [-0.2, 0) is 10.8 Å². The van der Waals surface area contributed by atoms with Gasteiger partial charge in [0, 0.05) is 28.3 Å². The van der Waals surface area contributed by atoms with E-state index in [1.54, 1.807) is 0 Å². The van der Waals surface area contributed by atoms with Crippen molar-refractivity contribution in [3.8, 4) is 0 Å². The summed E-state index contributed by atoms with van der Waals surface area (Å²) < 4.78 is 10.8. The van der Waals surface area contributed by atoms with Crippen LogP contribution in [0.3, 0.4) is 0 Å².